The number of carboxylic acids is 1. The fourth-order valence-corrected chi connectivity index (χ4v) is 2.23. The fourth-order valence-electron chi connectivity index (χ4n) is 2.23. The average molecular weight is 276 g/mol. The normalized spacial score (nSPS) is 13.3. The smallest absolute Gasteiger partial charge is 0.305 e. The largest absolute Gasteiger partial charge is 0.481 e. The van der Waals surface area contributed by atoms with Crippen molar-refractivity contribution in [3.05, 3.63) is 24.5 Å². The molecular weight excluding hydrogens is 256 g/mol. The number of carboxylic acid groups (broad SMARTS) is 1. The number of anilines is 1. The Kier molecular flexibility index (Phi) is 3.92. The van der Waals surface area contributed by atoms with Crippen LogP contribution in [0.3, 0.4) is 0 Å². The second-order valence-electron chi connectivity index (χ2n) is 6.15. The van der Waals surface area contributed by atoms with E-state index in [4.69, 9.17) is 5.11 Å². The Morgan fingerprint density at radius 1 is 1.45 bits per heavy atom. The van der Waals surface area contributed by atoms with Crippen molar-refractivity contribution in [1.82, 2.24) is 14.6 Å². The van der Waals surface area contributed by atoms with E-state index in [9.17, 15) is 4.79 Å². The first-order valence-corrected chi connectivity index (χ1v) is 6.62. The molecule has 0 amide bonds. The summed E-state index contributed by atoms with van der Waals surface area (Å²) in [5.41, 5.74) is 0.785. The van der Waals surface area contributed by atoms with Gasteiger partial charge in [-0.2, -0.15) is 5.10 Å². The van der Waals surface area contributed by atoms with E-state index in [1.165, 1.54) is 0 Å². The van der Waals surface area contributed by atoms with E-state index in [-0.39, 0.29) is 17.9 Å². The predicted molar refractivity (Wildman–Crippen MR) is 76.7 cm³/mol. The van der Waals surface area contributed by atoms with Gasteiger partial charge >= 0.3 is 5.97 Å². The van der Waals surface area contributed by atoms with Gasteiger partial charge in [-0.05, 0) is 17.9 Å². The maximum absolute atomic E-state index is 11.0. The van der Waals surface area contributed by atoms with E-state index in [1.807, 2.05) is 0 Å². The zero-order valence-corrected chi connectivity index (χ0v) is 12.0. The van der Waals surface area contributed by atoms with Crippen LogP contribution >= 0.6 is 0 Å². The molecule has 0 spiro atoms. The van der Waals surface area contributed by atoms with Gasteiger partial charge in [0.15, 0.2) is 5.65 Å². The van der Waals surface area contributed by atoms with Crippen molar-refractivity contribution in [2.45, 2.75) is 39.7 Å². The summed E-state index contributed by atoms with van der Waals surface area (Å²) >= 11 is 0. The third kappa shape index (κ3) is 3.94. The Labute approximate surface area is 117 Å². The average Bonchev–Trinajstić information content (AvgIpc) is 2.72. The molecule has 2 heterocycles. The fraction of sp³-hybridized carbons (Fsp3) is 0.500. The Balaban J connectivity index is 2.14. The highest BCUT2D eigenvalue weighted by Crippen LogP contribution is 2.24. The highest BCUT2D eigenvalue weighted by atomic mass is 16.4. The maximum Gasteiger partial charge on any atom is 0.305 e. The van der Waals surface area contributed by atoms with E-state index in [0.717, 1.165) is 12.1 Å². The van der Waals surface area contributed by atoms with Crippen molar-refractivity contribution in [3.8, 4) is 0 Å². The monoisotopic (exact) mass is 276 g/mol. The van der Waals surface area contributed by atoms with Crippen LogP contribution in [-0.4, -0.2) is 31.7 Å². The molecule has 0 saturated heterocycles. The van der Waals surface area contributed by atoms with Crippen LogP contribution in [0.1, 0.15) is 33.6 Å². The molecular formula is C14H20N4O2. The molecule has 0 radical (unpaired) electrons. The van der Waals surface area contributed by atoms with Crippen molar-refractivity contribution >= 4 is 17.4 Å². The van der Waals surface area contributed by atoms with Crippen LogP contribution in [0.4, 0.5) is 5.82 Å². The quantitative estimate of drug-likeness (QED) is 0.876. The van der Waals surface area contributed by atoms with E-state index in [1.54, 1.807) is 29.0 Å². The highest BCUT2D eigenvalue weighted by Gasteiger charge is 2.21. The third-order valence-corrected chi connectivity index (χ3v) is 2.89. The lowest BCUT2D eigenvalue weighted by Gasteiger charge is -2.26. The molecule has 1 atom stereocenters. The van der Waals surface area contributed by atoms with Crippen LogP contribution in [0.15, 0.2) is 24.5 Å². The van der Waals surface area contributed by atoms with Crippen LogP contribution in [-0.2, 0) is 4.79 Å². The van der Waals surface area contributed by atoms with Crippen LogP contribution in [0.5, 0.6) is 0 Å². The first-order valence-electron chi connectivity index (χ1n) is 6.62. The molecule has 2 aromatic heterocycles. The molecule has 0 aliphatic rings. The summed E-state index contributed by atoms with van der Waals surface area (Å²) in [7, 11) is 0. The van der Waals surface area contributed by atoms with Gasteiger partial charge in [-0.25, -0.2) is 9.50 Å². The van der Waals surface area contributed by atoms with Gasteiger partial charge in [0.1, 0.15) is 5.82 Å². The van der Waals surface area contributed by atoms with E-state index in [2.05, 4.69) is 36.2 Å². The molecule has 20 heavy (non-hydrogen) atoms. The van der Waals surface area contributed by atoms with E-state index in [0.29, 0.717) is 5.82 Å². The first-order chi connectivity index (χ1) is 9.33. The number of aromatic nitrogens is 3. The second kappa shape index (κ2) is 5.48. The van der Waals surface area contributed by atoms with Gasteiger partial charge < -0.3 is 10.4 Å². The van der Waals surface area contributed by atoms with Gasteiger partial charge in [-0.1, -0.05) is 20.8 Å². The molecule has 2 N–H and O–H groups in total. The molecule has 1 unspecified atom stereocenters. The summed E-state index contributed by atoms with van der Waals surface area (Å²) in [6, 6.07) is 3.46. The highest BCUT2D eigenvalue weighted by molar-refractivity contribution is 5.68. The molecule has 0 aliphatic heterocycles. The third-order valence-electron chi connectivity index (χ3n) is 2.89. The minimum absolute atomic E-state index is 0.0494. The Bertz CT molecular complexity index is 600. The lowest BCUT2D eigenvalue weighted by Crippen LogP contribution is -2.28. The van der Waals surface area contributed by atoms with Crippen molar-refractivity contribution < 1.29 is 9.90 Å². The standard InChI is InChI=1S/C14H20N4O2/c1-14(2,3)9-10(8-13(19)20)16-11-5-7-18-12(17-11)4-6-15-18/h4-7,10H,8-9H2,1-3H3,(H,16,17)(H,19,20). The zero-order chi connectivity index (χ0) is 14.8. The number of carbonyl (C=O) groups is 1. The van der Waals surface area contributed by atoms with Gasteiger partial charge in [-0.3, -0.25) is 4.79 Å². The van der Waals surface area contributed by atoms with Crippen molar-refractivity contribution in [2.24, 2.45) is 5.41 Å². The van der Waals surface area contributed by atoms with Gasteiger partial charge in [0.2, 0.25) is 0 Å². The lowest BCUT2D eigenvalue weighted by molar-refractivity contribution is -0.137. The van der Waals surface area contributed by atoms with Crippen molar-refractivity contribution in [3.63, 3.8) is 0 Å². The summed E-state index contributed by atoms with van der Waals surface area (Å²) in [4.78, 5) is 15.4. The number of rotatable bonds is 5. The SMILES string of the molecule is CC(C)(C)CC(CC(=O)O)Nc1ccn2nccc2n1. The molecule has 0 aromatic carbocycles. The Morgan fingerprint density at radius 2 is 2.20 bits per heavy atom. The van der Waals surface area contributed by atoms with Gasteiger partial charge in [0.05, 0.1) is 12.6 Å². The molecule has 0 saturated carbocycles. The minimum atomic E-state index is -0.808. The molecule has 0 aliphatic carbocycles. The van der Waals surface area contributed by atoms with Crippen LogP contribution in [0.2, 0.25) is 0 Å². The molecule has 2 rings (SSSR count). The van der Waals surface area contributed by atoms with E-state index < -0.39 is 5.97 Å². The summed E-state index contributed by atoms with van der Waals surface area (Å²) < 4.78 is 1.67. The van der Waals surface area contributed by atoms with Gasteiger partial charge in [-0.15, -0.1) is 0 Å². The Morgan fingerprint density at radius 3 is 2.85 bits per heavy atom. The maximum atomic E-state index is 11.0. The van der Waals surface area contributed by atoms with Crippen LogP contribution in [0.25, 0.3) is 5.65 Å². The number of fused-ring (bicyclic) bond motifs is 1. The number of aliphatic carboxylic acids is 1. The van der Waals surface area contributed by atoms with Gasteiger partial charge in [0.25, 0.3) is 0 Å². The lowest BCUT2D eigenvalue weighted by atomic mass is 9.87. The molecule has 2 aromatic rings. The predicted octanol–water partition coefficient (Wildman–Crippen LogP) is 2.42. The van der Waals surface area contributed by atoms with Crippen LogP contribution in [0, 0.1) is 5.41 Å². The topological polar surface area (TPSA) is 79.5 Å². The second-order valence-corrected chi connectivity index (χ2v) is 6.15. The number of hydrogen-bond donors (Lipinski definition) is 2. The summed E-state index contributed by atoms with van der Waals surface area (Å²) in [5.74, 6) is -0.134. The minimum Gasteiger partial charge on any atom is -0.481 e. The summed E-state index contributed by atoms with van der Waals surface area (Å²) in [5, 5.41) is 16.3. The van der Waals surface area contributed by atoms with E-state index >= 15 is 0 Å². The molecule has 0 bridgehead atoms. The van der Waals surface area contributed by atoms with Gasteiger partial charge in [0, 0.05) is 18.3 Å². The van der Waals surface area contributed by atoms with Crippen molar-refractivity contribution in [1.29, 1.82) is 0 Å². The summed E-state index contributed by atoms with van der Waals surface area (Å²) in [6.07, 6.45) is 4.31. The first kappa shape index (κ1) is 14.3. The van der Waals surface area contributed by atoms with Crippen LogP contribution < -0.4 is 5.32 Å². The number of nitrogens with one attached hydrogen (secondary N) is 1. The number of nitrogens with zero attached hydrogens (tertiary/aromatic N) is 3. The molecule has 6 nitrogen and oxygen atoms in total. The zero-order valence-electron chi connectivity index (χ0n) is 12.0. The molecule has 108 valence electrons. The summed E-state index contributed by atoms with van der Waals surface area (Å²) in [6.45, 7) is 6.28. The number of hydrogen-bond acceptors (Lipinski definition) is 4. The molecule has 0 fully saturated rings. The Hall–Kier alpha value is -2.11. The van der Waals surface area contributed by atoms with Crippen molar-refractivity contribution in [2.75, 3.05) is 5.32 Å². The molecule has 6 heteroatoms.